The third kappa shape index (κ3) is 2.23. The second kappa shape index (κ2) is 5.17. The van der Waals surface area contributed by atoms with Gasteiger partial charge in [0.2, 0.25) is 5.82 Å². The lowest BCUT2D eigenvalue weighted by molar-refractivity contribution is 0.625. The molecule has 6 heteroatoms. The molecule has 0 amide bonds. The van der Waals surface area contributed by atoms with Gasteiger partial charge in [0, 0.05) is 17.8 Å². The van der Waals surface area contributed by atoms with Crippen molar-refractivity contribution in [1.29, 1.82) is 0 Å². The molecular weight excluding hydrogens is 314 g/mol. The molecule has 1 aromatic carbocycles. The maximum atomic E-state index is 6.18. The van der Waals surface area contributed by atoms with Crippen molar-refractivity contribution in [1.82, 2.24) is 19.6 Å². The third-order valence-electron chi connectivity index (χ3n) is 4.12. The van der Waals surface area contributed by atoms with Gasteiger partial charge in [0.25, 0.3) is 0 Å². The normalized spacial score (nSPS) is 11.4. The van der Waals surface area contributed by atoms with E-state index in [1.54, 1.807) is 16.9 Å². The van der Waals surface area contributed by atoms with Gasteiger partial charge in [-0.2, -0.15) is 4.52 Å². The van der Waals surface area contributed by atoms with Gasteiger partial charge in [-0.3, -0.25) is 4.98 Å². The molecule has 6 nitrogen and oxygen atoms in total. The summed E-state index contributed by atoms with van der Waals surface area (Å²) in [6, 6.07) is 17.4. The fourth-order valence-corrected chi connectivity index (χ4v) is 2.92. The van der Waals surface area contributed by atoms with Crippen LogP contribution in [0.2, 0.25) is 0 Å². The summed E-state index contributed by atoms with van der Waals surface area (Å²) in [6.07, 6.45) is 3.50. The van der Waals surface area contributed by atoms with Crippen molar-refractivity contribution in [3.63, 3.8) is 0 Å². The maximum Gasteiger partial charge on any atom is 0.218 e. The Bertz CT molecular complexity index is 1170. The molecule has 5 rings (SSSR count). The molecule has 5 aromatic rings. The van der Waals surface area contributed by atoms with Crippen LogP contribution in [0, 0.1) is 0 Å². The first-order valence-electron chi connectivity index (χ1n) is 7.83. The average Bonchev–Trinajstić information content (AvgIpc) is 3.26. The molecule has 4 heterocycles. The molecule has 0 bridgehead atoms. The molecule has 0 aliphatic heterocycles. The van der Waals surface area contributed by atoms with Crippen LogP contribution in [0.4, 0.5) is 5.82 Å². The van der Waals surface area contributed by atoms with Crippen molar-refractivity contribution in [2.75, 3.05) is 5.73 Å². The van der Waals surface area contributed by atoms with Gasteiger partial charge >= 0.3 is 0 Å². The van der Waals surface area contributed by atoms with E-state index in [1.165, 1.54) is 0 Å². The molecule has 0 aliphatic carbocycles. The zero-order chi connectivity index (χ0) is 16.8. The van der Waals surface area contributed by atoms with Crippen LogP contribution in [0.15, 0.2) is 71.4 Å². The summed E-state index contributed by atoms with van der Waals surface area (Å²) < 4.78 is 7.47. The van der Waals surface area contributed by atoms with Gasteiger partial charge < -0.3 is 10.2 Å². The molecule has 0 spiro atoms. The summed E-state index contributed by atoms with van der Waals surface area (Å²) in [5.74, 6) is 1.64. The Labute approximate surface area is 142 Å². The van der Waals surface area contributed by atoms with Crippen molar-refractivity contribution >= 4 is 22.4 Å². The van der Waals surface area contributed by atoms with E-state index in [0.717, 1.165) is 22.1 Å². The number of pyridine rings is 2. The van der Waals surface area contributed by atoms with Crippen molar-refractivity contribution in [3.8, 4) is 22.7 Å². The van der Waals surface area contributed by atoms with Gasteiger partial charge in [-0.25, -0.2) is 4.98 Å². The summed E-state index contributed by atoms with van der Waals surface area (Å²) in [4.78, 5) is 8.63. The third-order valence-corrected chi connectivity index (χ3v) is 4.12. The molecule has 120 valence electrons. The van der Waals surface area contributed by atoms with E-state index in [1.807, 2.05) is 54.6 Å². The van der Waals surface area contributed by atoms with Crippen LogP contribution in [0.5, 0.6) is 0 Å². The van der Waals surface area contributed by atoms with Crippen molar-refractivity contribution < 1.29 is 4.42 Å². The Balaban J connectivity index is 1.67. The van der Waals surface area contributed by atoms with E-state index in [-0.39, 0.29) is 0 Å². The Hall–Kier alpha value is -3.67. The minimum atomic E-state index is 0.509. The molecule has 0 atom stereocenters. The quantitative estimate of drug-likeness (QED) is 0.533. The number of benzene rings is 1. The zero-order valence-corrected chi connectivity index (χ0v) is 13.1. The molecule has 0 aliphatic rings. The van der Waals surface area contributed by atoms with Gasteiger partial charge in [-0.15, -0.1) is 5.10 Å². The number of furan rings is 1. The average molecular weight is 327 g/mol. The molecule has 4 aromatic heterocycles. The lowest BCUT2D eigenvalue weighted by Gasteiger charge is -2.03. The van der Waals surface area contributed by atoms with E-state index in [9.17, 15) is 0 Å². The topological polar surface area (TPSA) is 82.2 Å². The summed E-state index contributed by atoms with van der Waals surface area (Å²) in [5, 5.41) is 5.50. The maximum absolute atomic E-state index is 6.18. The lowest BCUT2D eigenvalue weighted by Crippen LogP contribution is -1.99. The number of hydrogen-bond acceptors (Lipinski definition) is 5. The Kier molecular flexibility index (Phi) is 2.84. The van der Waals surface area contributed by atoms with Crippen molar-refractivity contribution in [2.45, 2.75) is 0 Å². The van der Waals surface area contributed by atoms with Gasteiger partial charge in [-0.05, 0) is 47.5 Å². The fourth-order valence-electron chi connectivity index (χ4n) is 2.92. The number of anilines is 1. The molecule has 0 saturated carbocycles. The smallest absolute Gasteiger partial charge is 0.218 e. The van der Waals surface area contributed by atoms with Crippen molar-refractivity contribution in [3.05, 3.63) is 67.0 Å². The summed E-state index contributed by atoms with van der Waals surface area (Å²) >= 11 is 0. The molecule has 0 fully saturated rings. The Morgan fingerprint density at radius 3 is 2.60 bits per heavy atom. The SMILES string of the molecule is Nc1cc(-c2ccncc2)cc2nc(-c3cc4ccccc4o3)nn12. The van der Waals surface area contributed by atoms with Crippen molar-refractivity contribution in [2.24, 2.45) is 0 Å². The van der Waals surface area contributed by atoms with Crippen LogP contribution < -0.4 is 5.73 Å². The number of rotatable bonds is 2. The Morgan fingerprint density at radius 1 is 0.920 bits per heavy atom. The number of fused-ring (bicyclic) bond motifs is 2. The summed E-state index contributed by atoms with van der Waals surface area (Å²) in [5.41, 5.74) is 9.65. The van der Waals surface area contributed by atoms with Gasteiger partial charge in [0.1, 0.15) is 11.4 Å². The largest absolute Gasteiger partial charge is 0.453 e. The van der Waals surface area contributed by atoms with Crippen LogP contribution in [-0.2, 0) is 0 Å². The highest BCUT2D eigenvalue weighted by Gasteiger charge is 2.14. The van der Waals surface area contributed by atoms with Crippen LogP contribution in [0.1, 0.15) is 0 Å². The van der Waals surface area contributed by atoms with E-state index in [2.05, 4.69) is 15.1 Å². The van der Waals surface area contributed by atoms with Crippen LogP contribution in [0.25, 0.3) is 39.3 Å². The minimum Gasteiger partial charge on any atom is -0.453 e. The highest BCUT2D eigenvalue weighted by atomic mass is 16.3. The zero-order valence-electron chi connectivity index (χ0n) is 13.1. The van der Waals surface area contributed by atoms with Crippen LogP contribution in [0.3, 0.4) is 0 Å². The summed E-state index contributed by atoms with van der Waals surface area (Å²) in [7, 11) is 0. The van der Waals surface area contributed by atoms with E-state index >= 15 is 0 Å². The number of aromatic nitrogens is 4. The minimum absolute atomic E-state index is 0.509. The monoisotopic (exact) mass is 327 g/mol. The highest BCUT2D eigenvalue weighted by molar-refractivity contribution is 5.82. The molecule has 25 heavy (non-hydrogen) atoms. The second-order valence-electron chi connectivity index (χ2n) is 5.76. The molecular formula is C19H13N5O. The van der Waals surface area contributed by atoms with Gasteiger partial charge in [-0.1, -0.05) is 18.2 Å². The fraction of sp³-hybridized carbons (Fsp3) is 0. The first kappa shape index (κ1) is 13.7. The van der Waals surface area contributed by atoms with Crippen LogP contribution in [-0.4, -0.2) is 19.6 Å². The molecule has 0 saturated heterocycles. The van der Waals surface area contributed by atoms with E-state index in [4.69, 9.17) is 10.2 Å². The first-order valence-corrected chi connectivity index (χ1v) is 7.83. The molecule has 2 N–H and O–H groups in total. The standard InChI is InChI=1S/C19H13N5O/c20-17-10-14(12-5-7-21-8-6-12)11-18-22-19(23-24(17)18)16-9-13-3-1-2-4-15(13)25-16/h1-11H,20H2. The predicted octanol–water partition coefficient (Wildman–Crippen LogP) is 3.79. The van der Waals surface area contributed by atoms with Crippen LogP contribution >= 0.6 is 0 Å². The lowest BCUT2D eigenvalue weighted by atomic mass is 10.1. The number of nitrogens with zero attached hydrogens (tertiary/aromatic N) is 4. The summed E-state index contributed by atoms with van der Waals surface area (Å²) in [6.45, 7) is 0. The van der Waals surface area contributed by atoms with Gasteiger partial charge in [0.05, 0.1) is 0 Å². The predicted molar refractivity (Wildman–Crippen MR) is 95.8 cm³/mol. The highest BCUT2D eigenvalue weighted by Crippen LogP contribution is 2.28. The van der Waals surface area contributed by atoms with Gasteiger partial charge in [0.15, 0.2) is 11.4 Å². The number of nitrogens with two attached hydrogens (primary N) is 1. The van der Waals surface area contributed by atoms with E-state index in [0.29, 0.717) is 23.0 Å². The number of hydrogen-bond donors (Lipinski definition) is 1. The second-order valence-corrected chi connectivity index (χ2v) is 5.76. The first-order chi connectivity index (χ1) is 12.3. The van der Waals surface area contributed by atoms with E-state index < -0.39 is 0 Å². The number of nitrogen functional groups attached to an aromatic ring is 1. The molecule has 0 unspecified atom stereocenters. The Morgan fingerprint density at radius 2 is 1.76 bits per heavy atom. The molecule has 0 radical (unpaired) electrons. The number of para-hydroxylation sites is 1.